The van der Waals surface area contributed by atoms with Crippen LogP contribution in [0.1, 0.15) is 17.5 Å². The lowest BCUT2D eigenvalue weighted by Crippen LogP contribution is -2.08. The first-order valence-electron chi connectivity index (χ1n) is 6.63. The summed E-state index contributed by atoms with van der Waals surface area (Å²) in [5.74, 6) is -0.837. The largest absolute Gasteiger partial charge is 0.472 e. The summed E-state index contributed by atoms with van der Waals surface area (Å²) in [6.45, 7) is 4.22. The molecule has 23 heavy (non-hydrogen) atoms. The van der Waals surface area contributed by atoms with Gasteiger partial charge in [0.25, 0.3) is 6.43 Å². The number of aliphatic hydroxyl groups is 1. The molecule has 0 spiro atoms. The molecule has 1 atom stereocenters. The van der Waals surface area contributed by atoms with Gasteiger partial charge >= 0.3 is 0 Å². The van der Waals surface area contributed by atoms with Crippen molar-refractivity contribution in [2.24, 2.45) is 0 Å². The van der Waals surface area contributed by atoms with E-state index in [-0.39, 0.29) is 17.1 Å². The molecule has 0 amide bonds. The zero-order valence-electron chi connectivity index (χ0n) is 12.2. The molecule has 2 rings (SSSR count). The second kappa shape index (κ2) is 7.19. The fourth-order valence-corrected chi connectivity index (χ4v) is 1.87. The second-order valence-electron chi connectivity index (χ2n) is 4.61. The van der Waals surface area contributed by atoms with Gasteiger partial charge in [0.2, 0.25) is 5.88 Å². The first kappa shape index (κ1) is 16.9. The van der Waals surface area contributed by atoms with Gasteiger partial charge in [0.05, 0.1) is 29.5 Å². The Bertz CT molecular complexity index is 710. The monoisotopic (exact) mass is 325 g/mol. The summed E-state index contributed by atoms with van der Waals surface area (Å²) < 4.78 is 43.0. The highest BCUT2D eigenvalue weighted by Crippen LogP contribution is 2.25. The Morgan fingerprint density at radius 2 is 2.09 bits per heavy atom. The number of hydrogen-bond donors (Lipinski definition) is 1. The molecule has 1 unspecified atom stereocenters. The summed E-state index contributed by atoms with van der Waals surface area (Å²) >= 11 is 0. The lowest BCUT2D eigenvalue weighted by molar-refractivity contribution is 0.0795. The molecule has 1 N–H and O–H groups in total. The van der Waals surface area contributed by atoms with Crippen molar-refractivity contribution in [3.8, 4) is 17.1 Å². The highest BCUT2D eigenvalue weighted by molar-refractivity contribution is 5.60. The van der Waals surface area contributed by atoms with Crippen LogP contribution in [-0.4, -0.2) is 33.1 Å². The van der Waals surface area contributed by atoms with Gasteiger partial charge in [-0.25, -0.2) is 23.1 Å². The summed E-state index contributed by atoms with van der Waals surface area (Å²) in [5, 5.41) is 9.70. The van der Waals surface area contributed by atoms with Gasteiger partial charge in [0, 0.05) is 11.6 Å². The number of halogens is 3. The number of pyridine rings is 1. The molecule has 2 aromatic heterocycles. The van der Waals surface area contributed by atoms with E-state index < -0.39 is 25.0 Å². The molecule has 5 nitrogen and oxygen atoms in total. The van der Waals surface area contributed by atoms with E-state index >= 15 is 0 Å². The van der Waals surface area contributed by atoms with Gasteiger partial charge in [-0.05, 0) is 6.92 Å². The van der Waals surface area contributed by atoms with Crippen LogP contribution in [0.4, 0.5) is 13.2 Å². The summed E-state index contributed by atoms with van der Waals surface area (Å²) in [6, 6.07) is 1.17. The Morgan fingerprint density at radius 1 is 1.35 bits per heavy atom. The topological polar surface area (TPSA) is 68.1 Å². The summed E-state index contributed by atoms with van der Waals surface area (Å²) in [5.41, 5.74) is 0.873. The van der Waals surface area contributed by atoms with E-state index in [0.29, 0.717) is 11.4 Å². The van der Waals surface area contributed by atoms with Crippen LogP contribution in [0, 0.1) is 12.7 Å². The number of hydrogen-bond acceptors (Lipinski definition) is 5. The third kappa shape index (κ3) is 4.04. The van der Waals surface area contributed by atoms with Crippen molar-refractivity contribution in [3.05, 3.63) is 48.3 Å². The zero-order valence-corrected chi connectivity index (χ0v) is 12.2. The Kier molecular flexibility index (Phi) is 5.28. The maximum absolute atomic E-state index is 13.9. The van der Waals surface area contributed by atoms with Gasteiger partial charge in [0.1, 0.15) is 6.10 Å². The molecule has 0 radical (unpaired) electrons. The molecule has 8 heteroatoms. The van der Waals surface area contributed by atoms with E-state index in [1.807, 2.05) is 0 Å². The maximum Gasteiger partial charge on any atom is 0.272 e. The lowest BCUT2D eigenvalue weighted by Gasteiger charge is -2.11. The molecular weight excluding hydrogens is 311 g/mol. The molecule has 2 heterocycles. The third-order valence-electron chi connectivity index (χ3n) is 2.95. The van der Waals surface area contributed by atoms with Crippen LogP contribution >= 0.6 is 0 Å². The van der Waals surface area contributed by atoms with E-state index in [9.17, 15) is 18.3 Å². The van der Waals surface area contributed by atoms with Crippen LogP contribution in [0.25, 0.3) is 11.3 Å². The summed E-state index contributed by atoms with van der Waals surface area (Å²) in [4.78, 5) is 11.8. The predicted molar refractivity (Wildman–Crippen MR) is 76.6 cm³/mol. The van der Waals surface area contributed by atoms with Crippen LogP contribution in [-0.2, 0) is 0 Å². The SMILES string of the molecule is C=CC(O)c1ncc(-c2cc(OCC(F)F)ncc2F)nc1C. The van der Waals surface area contributed by atoms with Crippen molar-refractivity contribution in [2.75, 3.05) is 6.61 Å². The van der Waals surface area contributed by atoms with E-state index in [1.165, 1.54) is 18.3 Å². The minimum Gasteiger partial charge on any atom is -0.472 e. The molecule has 0 aliphatic heterocycles. The van der Waals surface area contributed by atoms with Crippen molar-refractivity contribution in [1.82, 2.24) is 15.0 Å². The molecule has 0 fully saturated rings. The molecule has 0 bridgehead atoms. The first-order chi connectivity index (χ1) is 10.9. The van der Waals surface area contributed by atoms with Gasteiger partial charge in [0.15, 0.2) is 12.4 Å². The Hall–Kier alpha value is -2.48. The lowest BCUT2D eigenvalue weighted by atomic mass is 10.1. The van der Waals surface area contributed by atoms with Gasteiger partial charge < -0.3 is 9.84 Å². The van der Waals surface area contributed by atoms with Crippen molar-refractivity contribution >= 4 is 0 Å². The van der Waals surface area contributed by atoms with Gasteiger partial charge in [-0.1, -0.05) is 6.08 Å². The minimum absolute atomic E-state index is 0.0134. The molecule has 0 aliphatic rings. The molecule has 122 valence electrons. The Balaban J connectivity index is 2.35. The number of alkyl halides is 2. The van der Waals surface area contributed by atoms with Crippen LogP contribution in [0.3, 0.4) is 0 Å². The van der Waals surface area contributed by atoms with Gasteiger partial charge in [-0.15, -0.1) is 6.58 Å². The van der Waals surface area contributed by atoms with Crippen molar-refractivity contribution < 1.29 is 23.0 Å². The highest BCUT2D eigenvalue weighted by Gasteiger charge is 2.15. The molecule has 2 aromatic rings. The third-order valence-corrected chi connectivity index (χ3v) is 2.95. The van der Waals surface area contributed by atoms with Crippen molar-refractivity contribution in [3.63, 3.8) is 0 Å². The molecule has 0 saturated heterocycles. The average molecular weight is 325 g/mol. The number of rotatable bonds is 6. The van der Waals surface area contributed by atoms with Crippen LogP contribution in [0.2, 0.25) is 0 Å². The number of nitrogens with zero attached hydrogens (tertiary/aromatic N) is 3. The van der Waals surface area contributed by atoms with Crippen LogP contribution in [0.15, 0.2) is 31.1 Å². The molecule has 0 aromatic carbocycles. The Labute approximate surface area is 130 Å². The van der Waals surface area contributed by atoms with Crippen LogP contribution in [0.5, 0.6) is 5.88 Å². The number of aromatic nitrogens is 3. The fraction of sp³-hybridized carbons (Fsp3) is 0.267. The quantitative estimate of drug-likeness (QED) is 0.827. The predicted octanol–water partition coefficient (Wildman–Crippen LogP) is 2.85. The van der Waals surface area contributed by atoms with Gasteiger partial charge in [-0.2, -0.15) is 0 Å². The minimum atomic E-state index is -2.66. The number of ether oxygens (including phenoxy) is 1. The zero-order chi connectivity index (χ0) is 17.0. The summed E-state index contributed by atoms with van der Waals surface area (Å²) in [6.07, 6.45) is -0.222. The fourth-order valence-electron chi connectivity index (χ4n) is 1.87. The molecule has 0 aliphatic carbocycles. The second-order valence-corrected chi connectivity index (χ2v) is 4.61. The molecule has 0 saturated carbocycles. The summed E-state index contributed by atoms with van der Waals surface area (Å²) in [7, 11) is 0. The standard InChI is InChI=1S/C15H14F3N3O2/c1-3-12(22)15-8(2)21-11(6-20-15)9-4-14(19-5-10(9)16)23-7-13(17)18/h3-6,12-13,22H,1,7H2,2H3. The van der Waals surface area contributed by atoms with E-state index in [0.717, 1.165) is 6.20 Å². The van der Waals surface area contributed by atoms with E-state index in [2.05, 4.69) is 21.5 Å². The van der Waals surface area contributed by atoms with Gasteiger partial charge in [-0.3, -0.25) is 4.98 Å². The molecular formula is C15H14F3N3O2. The average Bonchev–Trinajstić information content (AvgIpc) is 2.53. The first-order valence-corrected chi connectivity index (χ1v) is 6.63. The van der Waals surface area contributed by atoms with Crippen LogP contribution < -0.4 is 4.74 Å². The smallest absolute Gasteiger partial charge is 0.272 e. The maximum atomic E-state index is 13.9. The normalized spacial score (nSPS) is 12.3. The van der Waals surface area contributed by atoms with E-state index in [4.69, 9.17) is 4.74 Å². The Morgan fingerprint density at radius 3 is 2.70 bits per heavy atom. The van der Waals surface area contributed by atoms with Crippen molar-refractivity contribution in [1.29, 1.82) is 0 Å². The number of aryl methyl sites for hydroxylation is 1. The number of aliphatic hydroxyl groups excluding tert-OH is 1. The van der Waals surface area contributed by atoms with E-state index in [1.54, 1.807) is 6.92 Å². The van der Waals surface area contributed by atoms with Crippen molar-refractivity contribution in [2.45, 2.75) is 19.5 Å². The highest BCUT2D eigenvalue weighted by atomic mass is 19.3.